The van der Waals surface area contributed by atoms with Gasteiger partial charge in [-0.05, 0) is 18.6 Å². The van der Waals surface area contributed by atoms with E-state index in [4.69, 9.17) is 11.6 Å². The number of fused-ring (bicyclic) bond motifs is 1. The third-order valence-electron chi connectivity index (χ3n) is 3.08. The molecule has 1 aromatic heterocycles. The molecule has 1 saturated carbocycles. The van der Waals surface area contributed by atoms with Crippen molar-refractivity contribution in [3.05, 3.63) is 35.6 Å². The van der Waals surface area contributed by atoms with Gasteiger partial charge in [0.2, 0.25) is 0 Å². The third kappa shape index (κ3) is 2.14. The molecule has 2 aromatic rings. The zero-order valence-corrected chi connectivity index (χ0v) is 10.4. The molecule has 3 nitrogen and oxygen atoms in total. The molecule has 0 atom stereocenters. The van der Waals surface area contributed by atoms with Crippen LogP contribution in [0.5, 0.6) is 0 Å². The Labute approximate surface area is 110 Å². The van der Waals surface area contributed by atoms with Gasteiger partial charge >= 0.3 is 0 Å². The van der Waals surface area contributed by atoms with Crippen LogP contribution >= 0.6 is 11.6 Å². The fourth-order valence-corrected chi connectivity index (χ4v) is 2.34. The van der Waals surface area contributed by atoms with Crippen molar-refractivity contribution in [3.63, 3.8) is 0 Å². The first kappa shape index (κ1) is 11.4. The minimum absolute atomic E-state index is 0.272. The molecule has 4 heteroatoms. The molecule has 1 aliphatic rings. The number of hydrogen-bond acceptors (Lipinski definition) is 3. The number of hydrogen-bond donors (Lipinski definition) is 0. The Morgan fingerprint density at radius 3 is 2.94 bits per heavy atom. The third-order valence-corrected chi connectivity index (χ3v) is 3.29. The Kier molecular flexibility index (Phi) is 2.84. The van der Waals surface area contributed by atoms with Gasteiger partial charge in [0.25, 0.3) is 0 Å². The predicted molar refractivity (Wildman–Crippen MR) is 72.7 cm³/mol. The van der Waals surface area contributed by atoms with Gasteiger partial charge in [0.05, 0.1) is 5.69 Å². The smallest absolute Gasteiger partial charge is 0.138 e. The molecule has 0 bridgehead atoms. The molecule has 0 unspecified atom stereocenters. The molecule has 0 spiro atoms. The Morgan fingerprint density at radius 2 is 2.17 bits per heavy atom. The summed E-state index contributed by atoms with van der Waals surface area (Å²) >= 11 is 5.92. The van der Waals surface area contributed by atoms with Gasteiger partial charge in [-0.1, -0.05) is 23.7 Å². The molecule has 18 heavy (non-hydrogen) atoms. The normalized spacial score (nSPS) is 17.8. The second kappa shape index (κ2) is 4.50. The first-order valence-electron chi connectivity index (χ1n) is 5.85. The maximum atomic E-state index is 11.2. The van der Waals surface area contributed by atoms with Crippen LogP contribution in [0.3, 0.4) is 0 Å². The number of nitrogens with zero attached hydrogens (tertiary/aromatic N) is 2. The predicted octanol–water partition coefficient (Wildman–Crippen LogP) is 3.71. The summed E-state index contributed by atoms with van der Waals surface area (Å²) in [5.41, 5.74) is 1.82. The highest BCUT2D eigenvalue weighted by Gasteiger charge is 2.17. The van der Waals surface area contributed by atoms with Crippen LogP contribution in [0.15, 0.2) is 35.5 Å². The number of aromatic nitrogens is 1. The Bertz CT molecular complexity index is 664. The highest BCUT2D eigenvalue weighted by atomic mass is 35.5. The summed E-state index contributed by atoms with van der Waals surface area (Å²) in [4.78, 5) is 19.9. The molecule has 0 aliphatic heterocycles. The van der Waals surface area contributed by atoms with E-state index < -0.39 is 0 Å². The number of pyridine rings is 1. The van der Waals surface area contributed by atoms with Crippen LogP contribution < -0.4 is 0 Å². The van der Waals surface area contributed by atoms with Crippen LogP contribution in [0.1, 0.15) is 19.3 Å². The molecular weight excluding hydrogens is 248 g/mol. The van der Waals surface area contributed by atoms with Crippen LogP contribution in [0, 0.1) is 0 Å². The summed E-state index contributed by atoms with van der Waals surface area (Å²) in [6, 6.07) is 7.66. The first-order valence-corrected chi connectivity index (χ1v) is 6.22. The Balaban J connectivity index is 2.11. The lowest BCUT2D eigenvalue weighted by Gasteiger charge is -2.03. The lowest BCUT2D eigenvalue weighted by Crippen LogP contribution is -1.91. The van der Waals surface area contributed by atoms with E-state index in [0.29, 0.717) is 18.0 Å². The van der Waals surface area contributed by atoms with Crippen molar-refractivity contribution >= 4 is 39.6 Å². The van der Waals surface area contributed by atoms with Crippen LogP contribution in [0.4, 0.5) is 5.69 Å². The van der Waals surface area contributed by atoms with E-state index in [1.165, 1.54) is 0 Å². The summed E-state index contributed by atoms with van der Waals surface area (Å²) < 4.78 is 0. The largest absolute Gasteiger partial charge is 0.299 e. The molecule has 90 valence electrons. The quantitative estimate of drug-likeness (QED) is 0.732. The SMILES string of the molecule is O=C1CCC(=Nc2cccc3cnc(Cl)cc23)C1. The van der Waals surface area contributed by atoms with E-state index in [1.54, 1.807) is 6.20 Å². The highest BCUT2D eigenvalue weighted by molar-refractivity contribution is 6.30. The minimum Gasteiger partial charge on any atom is -0.299 e. The Hall–Kier alpha value is -1.74. The fourth-order valence-electron chi connectivity index (χ4n) is 2.18. The zero-order valence-electron chi connectivity index (χ0n) is 9.69. The average molecular weight is 259 g/mol. The molecule has 1 heterocycles. The topological polar surface area (TPSA) is 42.3 Å². The summed E-state index contributed by atoms with van der Waals surface area (Å²) in [7, 11) is 0. The first-order chi connectivity index (χ1) is 8.72. The monoisotopic (exact) mass is 258 g/mol. The summed E-state index contributed by atoms with van der Waals surface area (Å²) in [5, 5.41) is 2.44. The number of rotatable bonds is 1. The average Bonchev–Trinajstić information content (AvgIpc) is 2.76. The van der Waals surface area contributed by atoms with E-state index >= 15 is 0 Å². The summed E-state index contributed by atoms with van der Waals surface area (Å²) in [6.07, 6.45) is 3.61. The van der Waals surface area contributed by atoms with Crippen molar-refractivity contribution in [1.29, 1.82) is 0 Å². The molecule has 0 saturated heterocycles. The van der Waals surface area contributed by atoms with Crippen molar-refractivity contribution < 1.29 is 4.79 Å². The minimum atomic E-state index is 0.272. The van der Waals surface area contributed by atoms with Crippen molar-refractivity contribution in [2.24, 2.45) is 4.99 Å². The van der Waals surface area contributed by atoms with Gasteiger partial charge < -0.3 is 0 Å². The maximum absolute atomic E-state index is 11.2. The van der Waals surface area contributed by atoms with Crippen molar-refractivity contribution in [2.75, 3.05) is 0 Å². The van der Waals surface area contributed by atoms with Gasteiger partial charge in [0.1, 0.15) is 10.9 Å². The Morgan fingerprint density at radius 1 is 1.28 bits per heavy atom. The van der Waals surface area contributed by atoms with Crippen molar-refractivity contribution in [2.45, 2.75) is 19.3 Å². The molecule has 0 amide bonds. The molecule has 1 aromatic carbocycles. The number of ketones is 1. The number of benzene rings is 1. The van der Waals surface area contributed by atoms with Gasteiger partial charge in [-0.3, -0.25) is 9.79 Å². The molecule has 0 radical (unpaired) electrons. The lowest BCUT2D eigenvalue weighted by molar-refractivity contribution is -0.116. The van der Waals surface area contributed by atoms with Gasteiger partial charge in [-0.25, -0.2) is 4.98 Å². The van der Waals surface area contributed by atoms with E-state index in [2.05, 4.69) is 9.98 Å². The van der Waals surface area contributed by atoms with Crippen LogP contribution in [-0.4, -0.2) is 16.5 Å². The molecule has 1 aliphatic carbocycles. The van der Waals surface area contributed by atoms with Gasteiger partial charge in [0, 0.05) is 35.5 Å². The molecule has 1 fully saturated rings. The second-order valence-electron chi connectivity index (χ2n) is 4.40. The number of aliphatic imine (C=N–C) groups is 1. The lowest BCUT2D eigenvalue weighted by atomic mass is 10.1. The number of halogens is 1. The summed E-state index contributed by atoms with van der Waals surface area (Å²) in [6.45, 7) is 0. The van der Waals surface area contributed by atoms with Crippen LogP contribution in [-0.2, 0) is 4.79 Å². The molecule has 3 rings (SSSR count). The van der Waals surface area contributed by atoms with Crippen molar-refractivity contribution in [3.8, 4) is 0 Å². The number of Topliss-reactive ketones (excluding diaryl/α,β-unsaturated/α-hetero) is 1. The zero-order chi connectivity index (χ0) is 12.5. The van der Waals surface area contributed by atoms with Crippen molar-refractivity contribution in [1.82, 2.24) is 4.98 Å². The number of carbonyl (C=O) groups excluding carboxylic acids is 1. The highest BCUT2D eigenvalue weighted by Crippen LogP contribution is 2.28. The standard InChI is InChI=1S/C14H11ClN2O/c15-14-7-12-9(8-16-14)2-1-3-13(12)17-10-4-5-11(18)6-10/h1-3,7-8H,4-6H2. The van der Waals surface area contributed by atoms with E-state index in [9.17, 15) is 4.79 Å². The van der Waals surface area contributed by atoms with Crippen LogP contribution in [0.2, 0.25) is 5.15 Å². The van der Waals surface area contributed by atoms with Gasteiger partial charge in [-0.15, -0.1) is 0 Å². The molecular formula is C14H11ClN2O. The number of carbonyl (C=O) groups is 1. The van der Waals surface area contributed by atoms with E-state index in [-0.39, 0.29) is 5.78 Å². The molecule has 0 N–H and O–H groups in total. The van der Waals surface area contributed by atoms with E-state index in [1.807, 2.05) is 24.3 Å². The van der Waals surface area contributed by atoms with Gasteiger partial charge in [-0.2, -0.15) is 0 Å². The van der Waals surface area contributed by atoms with E-state index in [0.717, 1.165) is 28.6 Å². The van der Waals surface area contributed by atoms with Gasteiger partial charge in [0.15, 0.2) is 0 Å². The second-order valence-corrected chi connectivity index (χ2v) is 4.79. The van der Waals surface area contributed by atoms with Crippen LogP contribution in [0.25, 0.3) is 10.8 Å². The maximum Gasteiger partial charge on any atom is 0.138 e. The summed E-state index contributed by atoms with van der Waals surface area (Å²) in [5.74, 6) is 0.272. The fraction of sp³-hybridized carbons (Fsp3) is 0.214.